The highest BCUT2D eigenvalue weighted by molar-refractivity contribution is 7.89. The summed E-state index contributed by atoms with van der Waals surface area (Å²) in [6.07, 6.45) is 1.22. The molecule has 1 heterocycles. The molecular weight excluding hydrogens is 298 g/mol. The van der Waals surface area contributed by atoms with Crippen molar-refractivity contribution in [3.05, 3.63) is 52.7 Å². The Hall–Kier alpha value is -2.52. The van der Waals surface area contributed by atoms with Gasteiger partial charge in [-0.1, -0.05) is 0 Å². The summed E-state index contributed by atoms with van der Waals surface area (Å²) in [4.78, 5) is 13.6. The fourth-order valence-corrected chi connectivity index (χ4v) is 2.21. The first-order valence-electron chi connectivity index (χ1n) is 5.74. The molecule has 0 amide bonds. The quantitative estimate of drug-likeness (QED) is 0.664. The number of aromatic nitrogens is 1. The average Bonchev–Trinajstić information content (AvgIpc) is 2.48. The maximum absolute atomic E-state index is 11.5. The van der Waals surface area contributed by atoms with Crippen LogP contribution in [0, 0.1) is 10.1 Å². The Labute approximate surface area is 120 Å². The summed E-state index contributed by atoms with van der Waals surface area (Å²) in [6.45, 7) is 0. The third-order valence-corrected chi connectivity index (χ3v) is 3.98. The predicted octanol–water partition coefficient (Wildman–Crippen LogP) is 1.69. The van der Waals surface area contributed by atoms with Crippen LogP contribution < -0.4 is 9.46 Å². The summed E-state index contributed by atoms with van der Waals surface area (Å²) in [6, 6.07) is 8.36. The first-order chi connectivity index (χ1) is 9.92. The number of sulfonamides is 1. The minimum Gasteiger partial charge on any atom is -0.453 e. The number of ether oxygens (including phenoxy) is 1. The number of nitrogens with zero attached hydrogens (tertiary/aromatic N) is 2. The van der Waals surface area contributed by atoms with Gasteiger partial charge in [-0.15, -0.1) is 0 Å². The maximum Gasteiger partial charge on any atom is 0.363 e. The largest absolute Gasteiger partial charge is 0.453 e. The molecule has 110 valence electrons. The molecule has 21 heavy (non-hydrogen) atoms. The fraction of sp³-hybridized carbons (Fsp3) is 0.0833. The number of benzene rings is 1. The number of nitrogens with one attached hydrogen (secondary N) is 1. The molecule has 1 aromatic heterocycles. The fourth-order valence-electron chi connectivity index (χ4n) is 1.48. The van der Waals surface area contributed by atoms with Crippen LogP contribution >= 0.6 is 0 Å². The van der Waals surface area contributed by atoms with E-state index in [9.17, 15) is 18.5 Å². The summed E-state index contributed by atoms with van der Waals surface area (Å²) in [5.41, 5.74) is 0. The van der Waals surface area contributed by atoms with Crippen molar-refractivity contribution in [3.63, 3.8) is 0 Å². The van der Waals surface area contributed by atoms with Gasteiger partial charge in [0.05, 0.1) is 4.90 Å². The molecule has 0 atom stereocenters. The second-order valence-corrected chi connectivity index (χ2v) is 5.78. The summed E-state index contributed by atoms with van der Waals surface area (Å²) in [5.74, 6) is 0.420. The molecule has 0 saturated heterocycles. The lowest BCUT2D eigenvalue weighted by molar-refractivity contribution is -0.389. The van der Waals surface area contributed by atoms with Gasteiger partial charge in [0.1, 0.15) is 5.75 Å². The molecule has 1 aromatic carbocycles. The van der Waals surface area contributed by atoms with Crippen LogP contribution in [-0.2, 0) is 10.0 Å². The van der Waals surface area contributed by atoms with Gasteiger partial charge in [0, 0.05) is 6.07 Å². The second-order valence-electron chi connectivity index (χ2n) is 3.89. The summed E-state index contributed by atoms with van der Waals surface area (Å²) in [5, 5.41) is 10.5. The van der Waals surface area contributed by atoms with Gasteiger partial charge in [0.15, 0.2) is 11.9 Å². The van der Waals surface area contributed by atoms with Crippen molar-refractivity contribution < 1.29 is 18.1 Å². The highest BCUT2D eigenvalue weighted by Crippen LogP contribution is 2.23. The van der Waals surface area contributed by atoms with Gasteiger partial charge in [0.25, 0.3) is 0 Å². The van der Waals surface area contributed by atoms with E-state index in [0.717, 1.165) is 0 Å². The molecular formula is C12H11N3O5S. The average molecular weight is 309 g/mol. The van der Waals surface area contributed by atoms with Crippen molar-refractivity contribution >= 4 is 15.8 Å². The second kappa shape index (κ2) is 5.85. The number of rotatable bonds is 5. The van der Waals surface area contributed by atoms with Crippen molar-refractivity contribution in [2.45, 2.75) is 4.90 Å². The van der Waals surface area contributed by atoms with Crippen LogP contribution in [0.1, 0.15) is 0 Å². The lowest BCUT2D eigenvalue weighted by Gasteiger charge is -2.06. The first-order valence-corrected chi connectivity index (χ1v) is 7.22. The number of pyridine rings is 1. The molecule has 1 N–H and O–H groups in total. The number of hydrogen-bond donors (Lipinski definition) is 1. The van der Waals surface area contributed by atoms with Crippen molar-refractivity contribution in [3.8, 4) is 11.5 Å². The Morgan fingerprint density at radius 3 is 2.24 bits per heavy atom. The Morgan fingerprint density at radius 1 is 1.14 bits per heavy atom. The van der Waals surface area contributed by atoms with Crippen LogP contribution in [0.2, 0.25) is 0 Å². The standard InChI is InChI=1S/C12H11N3O5S/c1-13-21(18,19)11-5-2-9(3-6-11)20-10-4-7-12(14-8-10)15(16)17/h2-8,13H,1H3. The molecule has 0 saturated carbocycles. The van der Waals surface area contributed by atoms with Gasteiger partial charge in [0.2, 0.25) is 10.0 Å². The monoisotopic (exact) mass is 309 g/mol. The van der Waals surface area contributed by atoms with E-state index in [1.165, 1.54) is 49.6 Å². The van der Waals surface area contributed by atoms with E-state index in [1.807, 2.05) is 0 Å². The zero-order valence-electron chi connectivity index (χ0n) is 10.9. The molecule has 2 rings (SSSR count). The molecule has 2 aromatic rings. The summed E-state index contributed by atoms with van der Waals surface area (Å²) >= 11 is 0. The molecule has 0 bridgehead atoms. The predicted molar refractivity (Wildman–Crippen MR) is 73.7 cm³/mol. The summed E-state index contributed by atoms with van der Waals surface area (Å²) in [7, 11) is -2.17. The first kappa shape index (κ1) is 14.9. The van der Waals surface area contributed by atoms with Gasteiger partial charge in [-0.2, -0.15) is 0 Å². The molecule has 8 nitrogen and oxygen atoms in total. The highest BCUT2D eigenvalue weighted by atomic mass is 32.2. The highest BCUT2D eigenvalue weighted by Gasteiger charge is 2.11. The Bertz CT molecular complexity index is 741. The summed E-state index contributed by atoms with van der Waals surface area (Å²) < 4.78 is 30.7. The van der Waals surface area contributed by atoms with E-state index in [0.29, 0.717) is 11.5 Å². The van der Waals surface area contributed by atoms with Gasteiger partial charge in [-0.25, -0.2) is 13.1 Å². The number of hydrogen-bond acceptors (Lipinski definition) is 6. The van der Waals surface area contributed by atoms with Crippen molar-refractivity contribution in [2.75, 3.05) is 7.05 Å². The van der Waals surface area contributed by atoms with E-state index in [1.54, 1.807) is 0 Å². The van der Waals surface area contributed by atoms with E-state index in [2.05, 4.69) is 9.71 Å². The molecule has 0 radical (unpaired) electrons. The van der Waals surface area contributed by atoms with Crippen LogP contribution in [0.4, 0.5) is 5.82 Å². The molecule has 0 spiro atoms. The minimum absolute atomic E-state index is 0.110. The van der Waals surface area contributed by atoms with E-state index in [4.69, 9.17) is 4.74 Å². The molecule has 0 aliphatic heterocycles. The lowest BCUT2D eigenvalue weighted by Crippen LogP contribution is -2.18. The van der Waals surface area contributed by atoms with Gasteiger partial charge in [-0.3, -0.25) is 0 Å². The van der Waals surface area contributed by atoms with Crippen LogP contribution in [-0.4, -0.2) is 25.4 Å². The van der Waals surface area contributed by atoms with Crippen LogP contribution in [0.25, 0.3) is 0 Å². The zero-order chi connectivity index (χ0) is 15.5. The zero-order valence-corrected chi connectivity index (χ0v) is 11.7. The maximum atomic E-state index is 11.5. The van der Waals surface area contributed by atoms with Gasteiger partial charge >= 0.3 is 5.82 Å². The smallest absolute Gasteiger partial charge is 0.363 e. The molecule has 0 fully saturated rings. The third-order valence-electron chi connectivity index (χ3n) is 2.55. The molecule has 0 unspecified atom stereocenters. The van der Waals surface area contributed by atoms with Gasteiger partial charge < -0.3 is 14.9 Å². The van der Waals surface area contributed by atoms with E-state index >= 15 is 0 Å². The van der Waals surface area contributed by atoms with Crippen LogP contribution in [0.5, 0.6) is 11.5 Å². The third kappa shape index (κ3) is 3.52. The lowest BCUT2D eigenvalue weighted by atomic mass is 10.3. The van der Waals surface area contributed by atoms with Crippen molar-refractivity contribution in [1.29, 1.82) is 0 Å². The van der Waals surface area contributed by atoms with Gasteiger partial charge in [-0.05, 0) is 47.3 Å². The SMILES string of the molecule is CNS(=O)(=O)c1ccc(Oc2ccc([N+](=O)[O-])nc2)cc1. The normalized spacial score (nSPS) is 11.1. The van der Waals surface area contributed by atoms with Crippen LogP contribution in [0.3, 0.4) is 0 Å². The molecule has 0 aliphatic rings. The molecule has 0 aliphatic carbocycles. The minimum atomic E-state index is -3.50. The topological polar surface area (TPSA) is 111 Å². The van der Waals surface area contributed by atoms with Crippen LogP contribution in [0.15, 0.2) is 47.5 Å². The van der Waals surface area contributed by atoms with Crippen molar-refractivity contribution in [1.82, 2.24) is 9.71 Å². The Kier molecular flexibility index (Phi) is 4.15. The molecule has 9 heteroatoms. The van der Waals surface area contributed by atoms with E-state index < -0.39 is 14.9 Å². The Balaban J connectivity index is 2.15. The van der Waals surface area contributed by atoms with Crippen molar-refractivity contribution in [2.24, 2.45) is 0 Å². The van der Waals surface area contributed by atoms with E-state index in [-0.39, 0.29) is 10.7 Å². The number of nitro groups is 1. The Morgan fingerprint density at radius 2 is 1.76 bits per heavy atom.